The zero-order valence-corrected chi connectivity index (χ0v) is 23.1. The van der Waals surface area contributed by atoms with E-state index in [9.17, 15) is 26.4 Å². The maximum Gasteiger partial charge on any atom is 0.417 e. The molecule has 1 amide bonds. The minimum atomic E-state index is -4.83. The van der Waals surface area contributed by atoms with Crippen molar-refractivity contribution in [2.45, 2.75) is 31.8 Å². The summed E-state index contributed by atoms with van der Waals surface area (Å²) in [6.07, 6.45) is -3.45. The number of anilines is 2. The molecular formula is C27H28ClF3N4O3S. The molecule has 0 heterocycles. The van der Waals surface area contributed by atoms with Crippen molar-refractivity contribution in [3.8, 4) is 0 Å². The number of halogens is 4. The highest BCUT2D eigenvalue weighted by Crippen LogP contribution is 2.38. The van der Waals surface area contributed by atoms with Gasteiger partial charge in [-0.15, -0.1) is 0 Å². The van der Waals surface area contributed by atoms with E-state index in [-0.39, 0.29) is 10.6 Å². The van der Waals surface area contributed by atoms with Gasteiger partial charge in [-0.3, -0.25) is 9.10 Å². The monoisotopic (exact) mass is 580 g/mol. The maximum absolute atomic E-state index is 13.5. The van der Waals surface area contributed by atoms with Gasteiger partial charge in [0, 0.05) is 18.8 Å². The van der Waals surface area contributed by atoms with Crippen molar-refractivity contribution in [3.63, 3.8) is 0 Å². The van der Waals surface area contributed by atoms with Crippen LogP contribution in [0.25, 0.3) is 0 Å². The average molecular weight is 581 g/mol. The van der Waals surface area contributed by atoms with Crippen LogP contribution in [-0.4, -0.2) is 40.2 Å². The Morgan fingerprint density at radius 3 is 2.13 bits per heavy atom. The highest BCUT2D eigenvalue weighted by Gasteiger charge is 2.35. The molecule has 0 aliphatic heterocycles. The number of rotatable bonds is 10. The molecule has 12 heteroatoms. The Kier molecular flexibility index (Phi) is 9.63. The molecule has 0 aromatic heterocycles. The van der Waals surface area contributed by atoms with E-state index in [0.717, 1.165) is 36.5 Å². The van der Waals surface area contributed by atoms with Gasteiger partial charge in [0.15, 0.2) is 0 Å². The Labute approximate surface area is 230 Å². The molecule has 208 valence electrons. The lowest BCUT2D eigenvalue weighted by molar-refractivity contribution is -0.137. The van der Waals surface area contributed by atoms with Crippen LogP contribution in [0.4, 0.5) is 24.5 Å². The maximum atomic E-state index is 13.5. The van der Waals surface area contributed by atoms with E-state index in [2.05, 4.69) is 15.4 Å². The fraction of sp³-hybridized carbons (Fsp3) is 0.259. The number of benzene rings is 3. The van der Waals surface area contributed by atoms with E-state index in [1.54, 1.807) is 19.1 Å². The van der Waals surface area contributed by atoms with Gasteiger partial charge in [-0.05, 0) is 68.8 Å². The quantitative estimate of drug-likeness (QED) is 0.241. The molecule has 39 heavy (non-hydrogen) atoms. The van der Waals surface area contributed by atoms with Crippen LogP contribution in [0.1, 0.15) is 30.5 Å². The van der Waals surface area contributed by atoms with Gasteiger partial charge < -0.3 is 4.90 Å². The summed E-state index contributed by atoms with van der Waals surface area (Å²) in [6.45, 7) is 6.72. The number of nitrogens with one attached hydrogen (secondary N) is 1. The number of sulfonamides is 1. The van der Waals surface area contributed by atoms with Crippen LogP contribution in [-0.2, 0) is 21.0 Å². The standard InChI is InChI=1S/C27H28ClF3N4O3S/c1-4-34(5-2)21-10-8-20(9-11-21)17-32-33-26(36)18-35(39(37,38)23-13-6-19(3)7-14-23)22-12-15-25(28)24(16-22)27(29,30)31/h6-17H,4-5,18H2,1-3H3,(H,33,36)/b32-17-. The number of hydrazone groups is 1. The van der Waals surface area contributed by atoms with Crippen molar-refractivity contribution >= 4 is 45.1 Å². The van der Waals surface area contributed by atoms with Crippen molar-refractivity contribution in [3.05, 3.63) is 88.4 Å². The lowest BCUT2D eigenvalue weighted by Gasteiger charge is -2.25. The Morgan fingerprint density at radius 2 is 1.56 bits per heavy atom. The van der Waals surface area contributed by atoms with Crippen LogP contribution in [0.2, 0.25) is 5.02 Å². The van der Waals surface area contributed by atoms with E-state index in [0.29, 0.717) is 15.9 Å². The van der Waals surface area contributed by atoms with Crippen molar-refractivity contribution in [1.29, 1.82) is 0 Å². The molecule has 3 rings (SSSR count). The summed E-state index contributed by atoms with van der Waals surface area (Å²) in [5, 5.41) is 3.28. The first-order chi connectivity index (χ1) is 18.4. The number of carbonyl (C=O) groups is 1. The Bertz CT molecular complexity index is 1420. The third-order valence-electron chi connectivity index (χ3n) is 5.86. The summed E-state index contributed by atoms with van der Waals surface area (Å²) >= 11 is 5.72. The van der Waals surface area contributed by atoms with Gasteiger partial charge in [0.2, 0.25) is 0 Å². The molecule has 0 atom stereocenters. The summed E-state index contributed by atoms with van der Waals surface area (Å²) in [6, 6.07) is 15.8. The fourth-order valence-electron chi connectivity index (χ4n) is 3.74. The largest absolute Gasteiger partial charge is 0.417 e. The van der Waals surface area contributed by atoms with Crippen LogP contribution >= 0.6 is 11.6 Å². The molecule has 7 nitrogen and oxygen atoms in total. The van der Waals surface area contributed by atoms with Crippen LogP contribution in [0, 0.1) is 6.92 Å². The molecular weight excluding hydrogens is 553 g/mol. The van der Waals surface area contributed by atoms with E-state index < -0.39 is 39.2 Å². The van der Waals surface area contributed by atoms with Crippen molar-refractivity contribution in [2.24, 2.45) is 5.10 Å². The van der Waals surface area contributed by atoms with Crippen LogP contribution in [0.5, 0.6) is 0 Å². The summed E-state index contributed by atoms with van der Waals surface area (Å²) in [5.74, 6) is -0.856. The molecule has 0 unspecified atom stereocenters. The zero-order chi connectivity index (χ0) is 28.8. The Hall–Kier alpha value is -3.57. The van der Waals surface area contributed by atoms with Crippen molar-refractivity contribution < 1.29 is 26.4 Å². The zero-order valence-electron chi connectivity index (χ0n) is 21.5. The number of nitrogens with zero attached hydrogens (tertiary/aromatic N) is 3. The lowest BCUT2D eigenvalue weighted by Crippen LogP contribution is -2.39. The molecule has 0 saturated carbocycles. The minimum Gasteiger partial charge on any atom is -0.372 e. The van der Waals surface area contributed by atoms with Crippen molar-refractivity contribution in [1.82, 2.24) is 5.43 Å². The lowest BCUT2D eigenvalue weighted by atomic mass is 10.2. The molecule has 3 aromatic rings. The highest BCUT2D eigenvalue weighted by atomic mass is 35.5. The first kappa shape index (κ1) is 30.0. The summed E-state index contributed by atoms with van der Waals surface area (Å²) in [4.78, 5) is 14.7. The topological polar surface area (TPSA) is 82.1 Å². The van der Waals surface area contributed by atoms with Crippen molar-refractivity contribution in [2.75, 3.05) is 28.8 Å². The molecule has 0 spiro atoms. The number of hydrogen-bond donors (Lipinski definition) is 1. The van der Waals surface area contributed by atoms with E-state index in [1.807, 2.05) is 38.1 Å². The smallest absolute Gasteiger partial charge is 0.372 e. The number of carbonyl (C=O) groups excluding carboxylic acids is 1. The minimum absolute atomic E-state index is 0.193. The van der Waals surface area contributed by atoms with Crippen LogP contribution in [0.3, 0.4) is 0 Å². The molecule has 0 bridgehead atoms. The second-order valence-electron chi connectivity index (χ2n) is 8.54. The molecule has 0 fully saturated rings. The second kappa shape index (κ2) is 12.5. The molecule has 0 saturated heterocycles. The average Bonchev–Trinajstić information content (AvgIpc) is 2.89. The normalized spacial score (nSPS) is 12.0. The molecule has 0 aliphatic rings. The van der Waals surface area contributed by atoms with Gasteiger partial charge in [0.05, 0.1) is 27.4 Å². The number of aryl methyl sites for hydroxylation is 1. The van der Waals surface area contributed by atoms with Gasteiger partial charge in [-0.25, -0.2) is 13.8 Å². The van der Waals surface area contributed by atoms with Gasteiger partial charge >= 0.3 is 6.18 Å². The van der Waals surface area contributed by atoms with Gasteiger partial charge in [0.1, 0.15) is 6.54 Å². The summed E-state index contributed by atoms with van der Waals surface area (Å²) in [5.41, 5.74) is 3.14. The van der Waals surface area contributed by atoms with E-state index in [1.165, 1.54) is 18.3 Å². The number of amides is 1. The fourth-order valence-corrected chi connectivity index (χ4v) is 5.38. The molecule has 3 aromatic carbocycles. The third kappa shape index (κ3) is 7.51. The molecule has 1 N–H and O–H groups in total. The van der Waals surface area contributed by atoms with Crippen LogP contribution in [0.15, 0.2) is 76.7 Å². The Morgan fingerprint density at radius 1 is 0.974 bits per heavy atom. The number of alkyl halides is 3. The van der Waals surface area contributed by atoms with Crippen LogP contribution < -0.4 is 14.6 Å². The predicted molar refractivity (Wildman–Crippen MR) is 148 cm³/mol. The Balaban J connectivity index is 1.87. The molecule has 0 radical (unpaired) electrons. The van der Waals surface area contributed by atoms with Gasteiger partial charge in [-0.1, -0.05) is 41.4 Å². The summed E-state index contributed by atoms with van der Waals surface area (Å²) < 4.78 is 68.0. The summed E-state index contributed by atoms with van der Waals surface area (Å²) in [7, 11) is -4.43. The first-order valence-corrected chi connectivity index (χ1v) is 13.8. The van der Waals surface area contributed by atoms with E-state index in [4.69, 9.17) is 11.6 Å². The van der Waals surface area contributed by atoms with Gasteiger partial charge in [0.25, 0.3) is 15.9 Å². The van der Waals surface area contributed by atoms with Gasteiger partial charge in [-0.2, -0.15) is 18.3 Å². The highest BCUT2D eigenvalue weighted by molar-refractivity contribution is 7.92. The second-order valence-corrected chi connectivity index (χ2v) is 10.8. The molecule has 0 aliphatic carbocycles. The third-order valence-corrected chi connectivity index (χ3v) is 7.98. The first-order valence-electron chi connectivity index (χ1n) is 12.0. The number of hydrogen-bond acceptors (Lipinski definition) is 5. The predicted octanol–water partition coefficient (Wildman–Crippen LogP) is 5.86. The SMILES string of the molecule is CCN(CC)c1ccc(/C=N\NC(=O)CN(c2ccc(Cl)c(C(F)(F)F)c2)S(=O)(=O)c2ccc(C)cc2)cc1. The van der Waals surface area contributed by atoms with E-state index >= 15 is 0 Å².